The smallest absolute Gasteiger partial charge is 0.328 e. The zero-order valence-corrected chi connectivity index (χ0v) is 18.8. The predicted octanol–water partition coefficient (Wildman–Crippen LogP) is 3.14. The Bertz CT molecular complexity index is 941. The van der Waals surface area contributed by atoms with Crippen molar-refractivity contribution >= 4 is 11.9 Å². The van der Waals surface area contributed by atoms with Crippen molar-refractivity contribution in [1.29, 1.82) is 0 Å². The number of imide groups is 1. The highest BCUT2D eigenvalue weighted by Crippen LogP contribution is 2.38. The van der Waals surface area contributed by atoms with Gasteiger partial charge in [-0.1, -0.05) is 42.5 Å². The zero-order valence-electron chi connectivity index (χ0n) is 18.8. The third kappa shape index (κ3) is 4.36. The lowest BCUT2D eigenvalue weighted by molar-refractivity contribution is -0.136. The first kappa shape index (κ1) is 22.3. The molecule has 2 aromatic rings. The molecular weight excluding hydrogens is 406 g/mol. The molecule has 0 aliphatic carbocycles. The molecule has 2 saturated heterocycles. The number of rotatable bonds is 8. The van der Waals surface area contributed by atoms with Crippen LogP contribution in [0.5, 0.6) is 5.75 Å². The topological polar surface area (TPSA) is 62.3 Å². The number of piperidine rings is 1. The van der Waals surface area contributed by atoms with Crippen LogP contribution in [-0.2, 0) is 22.6 Å². The highest BCUT2D eigenvalue weighted by Gasteiger charge is 2.57. The molecule has 2 aliphatic rings. The van der Waals surface area contributed by atoms with E-state index in [0.29, 0.717) is 26.0 Å². The van der Waals surface area contributed by atoms with Crippen LogP contribution in [0.1, 0.15) is 24.0 Å². The van der Waals surface area contributed by atoms with E-state index in [2.05, 4.69) is 11.0 Å². The Morgan fingerprint density at radius 2 is 1.62 bits per heavy atom. The summed E-state index contributed by atoms with van der Waals surface area (Å²) in [6.07, 6.45) is 1.25. The van der Waals surface area contributed by atoms with Crippen molar-refractivity contribution in [3.05, 3.63) is 65.7 Å². The fraction of sp³-hybridized carbons (Fsp3) is 0.440. The maximum atomic E-state index is 13.5. The Morgan fingerprint density at radius 1 is 0.906 bits per heavy atom. The van der Waals surface area contributed by atoms with Gasteiger partial charge < -0.3 is 14.4 Å². The van der Waals surface area contributed by atoms with Gasteiger partial charge in [-0.2, -0.15) is 0 Å². The van der Waals surface area contributed by atoms with E-state index in [9.17, 15) is 9.59 Å². The van der Waals surface area contributed by atoms with Crippen LogP contribution in [0.3, 0.4) is 0 Å². The summed E-state index contributed by atoms with van der Waals surface area (Å²) < 4.78 is 10.5. The lowest BCUT2D eigenvalue weighted by Crippen LogP contribution is -2.56. The molecule has 170 valence electrons. The van der Waals surface area contributed by atoms with Crippen LogP contribution >= 0.6 is 0 Å². The molecule has 2 fully saturated rings. The van der Waals surface area contributed by atoms with E-state index >= 15 is 0 Å². The number of amides is 3. The fourth-order valence-electron chi connectivity index (χ4n) is 4.74. The Kier molecular flexibility index (Phi) is 6.77. The number of likely N-dealkylation sites (tertiary alicyclic amines) is 1. The standard InChI is InChI=1S/C25H31N3O4/c1-31-16-15-27-23(29)25(28(24(27)30)19-20-7-4-3-5-8-20)11-13-26(14-12-25)18-21-9-6-10-22(17-21)32-2/h3-10,17H,11-16,18-19H2,1-2H3. The minimum atomic E-state index is -0.786. The largest absolute Gasteiger partial charge is 0.497 e. The summed E-state index contributed by atoms with van der Waals surface area (Å²) in [6.45, 7) is 3.36. The van der Waals surface area contributed by atoms with Gasteiger partial charge in [0.1, 0.15) is 11.3 Å². The molecule has 4 rings (SSSR count). The number of benzene rings is 2. The van der Waals surface area contributed by atoms with Crippen molar-refractivity contribution < 1.29 is 19.1 Å². The second-order valence-electron chi connectivity index (χ2n) is 8.46. The number of hydrogen-bond donors (Lipinski definition) is 0. The second kappa shape index (κ2) is 9.71. The number of nitrogens with zero attached hydrogens (tertiary/aromatic N) is 3. The Morgan fingerprint density at radius 3 is 2.31 bits per heavy atom. The van der Waals surface area contributed by atoms with Crippen LogP contribution in [0.15, 0.2) is 54.6 Å². The van der Waals surface area contributed by atoms with Crippen molar-refractivity contribution in [3.63, 3.8) is 0 Å². The summed E-state index contributed by atoms with van der Waals surface area (Å²) in [5, 5.41) is 0. The van der Waals surface area contributed by atoms with Gasteiger partial charge >= 0.3 is 6.03 Å². The van der Waals surface area contributed by atoms with E-state index in [0.717, 1.165) is 30.9 Å². The van der Waals surface area contributed by atoms with E-state index < -0.39 is 5.54 Å². The van der Waals surface area contributed by atoms with Gasteiger partial charge in [-0.15, -0.1) is 0 Å². The Labute approximate surface area is 189 Å². The zero-order chi connectivity index (χ0) is 22.6. The number of carbonyl (C=O) groups excluding carboxylic acids is 2. The SMILES string of the molecule is COCCN1C(=O)N(Cc2ccccc2)C2(CCN(Cc3cccc(OC)c3)CC2)C1=O. The molecule has 0 aromatic heterocycles. The van der Waals surface area contributed by atoms with Crippen LogP contribution in [0.25, 0.3) is 0 Å². The van der Waals surface area contributed by atoms with Gasteiger partial charge in [0.15, 0.2) is 0 Å². The molecule has 1 spiro atoms. The van der Waals surface area contributed by atoms with E-state index in [4.69, 9.17) is 9.47 Å². The summed E-state index contributed by atoms with van der Waals surface area (Å²) in [5.41, 5.74) is 1.42. The molecule has 0 bridgehead atoms. The number of ether oxygens (including phenoxy) is 2. The van der Waals surface area contributed by atoms with Gasteiger partial charge in [-0.05, 0) is 36.1 Å². The molecule has 0 saturated carbocycles. The van der Waals surface area contributed by atoms with Crippen molar-refractivity contribution in [2.75, 3.05) is 40.5 Å². The minimum Gasteiger partial charge on any atom is -0.497 e. The van der Waals surface area contributed by atoms with Crippen molar-refractivity contribution in [1.82, 2.24) is 14.7 Å². The van der Waals surface area contributed by atoms with Crippen molar-refractivity contribution in [3.8, 4) is 5.75 Å². The van der Waals surface area contributed by atoms with Crippen LogP contribution in [0.4, 0.5) is 4.79 Å². The molecule has 7 nitrogen and oxygen atoms in total. The average molecular weight is 438 g/mol. The molecule has 2 aromatic carbocycles. The van der Waals surface area contributed by atoms with Crippen LogP contribution in [-0.4, -0.2) is 72.6 Å². The first-order chi connectivity index (χ1) is 15.6. The summed E-state index contributed by atoms with van der Waals surface area (Å²) in [6, 6.07) is 17.7. The summed E-state index contributed by atoms with van der Waals surface area (Å²) in [4.78, 5) is 32.3. The van der Waals surface area contributed by atoms with Crippen LogP contribution < -0.4 is 4.74 Å². The quantitative estimate of drug-likeness (QED) is 0.594. The highest BCUT2D eigenvalue weighted by molar-refractivity contribution is 6.07. The minimum absolute atomic E-state index is 0.0866. The fourth-order valence-corrected chi connectivity index (χ4v) is 4.74. The third-order valence-electron chi connectivity index (χ3n) is 6.55. The number of carbonyl (C=O) groups is 2. The molecular formula is C25H31N3O4. The molecule has 0 unspecified atom stereocenters. The lowest BCUT2D eigenvalue weighted by atomic mass is 9.85. The van der Waals surface area contributed by atoms with E-state index in [1.165, 1.54) is 10.5 Å². The van der Waals surface area contributed by atoms with E-state index in [-0.39, 0.29) is 18.5 Å². The normalized spacial score (nSPS) is 18.6. The summed E-state index contributed by atoms with van der Waals surface area (Å²) in [7, 11) is 3.25. The Hall–Kier alpha value is -2.90. The molecule has 3 amide bonds. The lowest BCUT2D eigenvalue weighted by Gasteiger charge is -2.42. The molecule has 0 radical (unpaired) electrons. The van der Waals surface area contributed by atoms with Crippen molar-refractivity contribution in [2.24, 2.45) is 0 Å². The first-order valence-electron chi connectivity index (χ1n) is 11.1. The van der Waals surface area contributed by atoms with Crippen molar-refractivity contribution in [2.45, 2.75) is 31.5 Å². The molecule has 2 heterocycles. The van der Waals surface area contributed by atoms with Gasteiger partial charge in [0.05, 0.1) is 20.3 Å². The van der Waals surface area contributed by atoms with E-state index in [1.807, 2.05) is 48.5 Å². The number of hydrogen-bond acceptors (Lipinski definition) is 5. The molecule has 2 aliphatic heterocycles. The maximum absolute atomic E-state index is 13.5. The van der Waals surface area contributed by atoms with Gasteiger partial charge in [-0.3, -0.25) is 14.6 Å². The Balaban J connectivity index is 1.52. The van der Waals surface area contributed by atoms with Crippen LogP contribution in [0, 0.1) is 0 Å². The van der Waals surface area contributed by atoms with E-state index in [1.54, 1.807) is 19.1 Å². The van der Waals surface area contributed by atoms with Gasteiger partial charge in [-0.25, -0.2) is 4.79 Å². The first-order valence-corrected chi connectivity index (χ1v) is 11.1. The van der Waals surface area contributed by atoms with Crippen LogP contribution in [0.2, 0.25) is 0 Å². The molecule has 32 heavy (non-hydrogen) atoms. The third-order valence-corrected chi connectivity index (χ3v) is 6.55. The van der Waals surface area contributed by atoms with Gasteiger partial charge in [0, 0.05) is 33.3 Å². The monoisotopic (exact) mass is 437 g/mol. The second-order valence-corrected chi connectivity index (χ2v) is 8.46. The van der Waals surface area contributed by atoms with Gasteiger partial charge in [0.2, 0.25) is 0 Å². The maximum Gasteiger partial charge on any atom is 0.328 e. The summed E-state index contributed by atoms with van der Waals surface area (Å²) >= 11 is 0. The average Bonchev–Trinajstić information content (AvgIpc) is 3.01. The van der Waals surface area contributed by atoms with Gasteiger partial charge in [0.25, 0.3) is 5.91 Å². The number of methoxy groups -OCH3 is 2. The summed E-state index contributed by atoms with van der Waals surface area (Å²) in [5.74, 6) is 0.756. The number of urea groups is 1. The molecule has 7 heteroatoms. The molecule has 0 N–H and O–H groups in total. The molecule has 0 atom stereocenters. The predicted molar refractivity (Wildman–Crippen MR) is 121 cm³/mol. The highest BCUT2D eigenvalue weighted by atomic mass is 16.5.